The minimum atomic E-state index is -0.684. The molecule has 0 unspecified atom stereocenters. The third-order valence-electron chi connectivity index (χ3n) is 2.36. The Balaban J connectivity index is 2.11. The standard InChI is InChI=1S/C13H18O3Te/c1-16-11-6-8-12(9-7-11)17-10-4-2-3-5-13(14)15/h6-9H,2-5,10H2,1H3,(H,14,15). The summed E-state index contributed by atoms with van der Waals surface area (Å²) in [4.78, 5) is 10.3. The number of carbonyl (C=O) groups is 1. The number of benzene rings is 1. The summed E-state index contributed by atoms with van der Waals surface area (Å²) in [6, 6.07) is 8.28. The molecular formula is C13H18O3Te. The zero-order valence-electron chi connectivity index (χ0n) is 10.0. The van der Waals surface area contributed by atoms with Gasteiger partial charge in [0.25, 0.3) is 0 Å². The van der Waals surface area contributed by atoms with Crippen molar-refractivity contribution in [1.29, 1.82) is 0 Å². The number of hydrogen-bond acceptors (Lipinski definition) is 2. The average Bonchev–Trinajstić information content (AvgIpc) is 2.34. The van der Waals surface area contributed by atoms with Crippen molar-refractivity contribution in [3.63, 3.8) is 0 Å². The first-order valence-electron chi connectivity index (χ1n) is 5.71. The van der Waals surface area contributed by atoms with E-state index in [1.54, 1.807) is 7.11 Å². The molecule has 0 radical (unpaired) electrons. The van der Waals surface area contributed by atoms with Gasteiger partial charge in [-0.05, 0) is 0 Å². The predicted octanol–water partition coefficient (Wildman–Crippen LogP) is 2.09. The Kier molecular flexibility index (Phi) is 7.07. The van der Waals surface area contributed by atoms with Gasteiger partial charge in [0.05, 0.1) is 0 Å². The number of ether oxygens (including phenoxy) is 1. The van der Waals surface area contributed by atoms with E-state index in [4.69, 9.17) is 9.84 Å². The summed E-state index contributed by atoms with van der Waals surface area (Å²) >= 11 is -0.106. The molecule has 4 heteroatoms. The van der Waals surface area contributed by atoms with Crippen LogP contribution in [0.15, 0.2) is 24.3 Å². The van der Waals surface area contributed by atoms with Crippen molar-refractivity contribution in [1.82, 2.24) is 0 Å². The van der Waals surface area contributed by atoms with Crippen LogP contribution < -0.4 is 8.35 Å². The molecule has 0 spiro atoms. The Morgan fingerprint density at radius 3 is 2.53 bits per heavy atom. The van der Waals surface area contributed by atoms with Crippen LogP contribution in [-0.4, -0.2) is 39.1 Å². The molecule has 0 amide bonds. The Morgan fingerprint density at radius 1 is 1.24 bits per heavy atom. The summed E-state index contributed by atoms with van der Waals surface area (Å²) in [5, 5.41) is 8.49. The van der Waals surface area contributed by atoms with E-state index in [1.807, 2.05) is 12.1 Å². The molecule has 0 saturated carbocycles. The van der Waals surface area contributed by atoms with Crippen molar-refractivity contribution >= 4 is 30.5 Å². The molecule has 94 valence electrons. The number of unbranched alkanes of at least 4 members (excludes halogenated alkanes) is 2. The van der Waals surface area contributed by atoms with Crippen molar-refractivity contribution in [2.75, 3.05) is 7.11 Å². The second-order valence-corrected chi connectivity index (χ2v) is 7.06. The minimum absolute atomic E-state index is 0.106. The fraction of sp³-hybridized carbons (Fsp3) is 0.462. The van der Waals surface area contributed by atoms with Crippen molar-refractivity contribution in [3.05, 3.63) is 24.3 Å². The first kappa shape index (κ1) is 14.3. The molecule has 0 bridgehead atoms. The van der Waals surface area contributed by atoms with Gasteiger partial charge >= 0.3 is 112 Å². The van der Waals surface area contributed by atoms with E-state index in [9.17, 15) is 4.79 Å². The molecule has 0 aliphatic rings. The van der Waals surface area contributed by atoms with Gasteiger partial charge in [-0.25, -0.2) is 0 Å². The van der Waals surface area contributed by atoms with Gasteiger partial charge in [-0.2, -0.15) is 0 Å². The second-order valence-electron chi connectivity index (χ2n) is 3.73. The zero-order chi connectivity index (χ0) is 12.5. The van der Waals surface area contributed by atoms with Crippen LogP contribution in [0.3, 0.4) is 0 Å². The summed E-state index contributed by atoms with van der Waals surface area (Å²) in [6.07, 6.45) is 3.31. The first-order chi connectivity index (χ1) is 8.22. The molecule has 0 aliphatic heterocycles. The fourth-order valence-electron chi connectivity index (χ4n) is 1.42. The molecule has 1 aromatic carbocycles. The summed E-state index contributed by atoms with van der Waals surface area (Å²) in [7, 11) is 1.67. The number of hydrogen-bond donors (Lipinski definition) is 1. The number of carboxylic acid groups (broad SMARTS) is 1. The third kappa shape index (κ3) is 6.55. The van der Waals surface area contributed by atoms with E-state index < -0.39 is 5.97 Å². The maximum absolute atomic E-state index is 10.3. The van der Waals surface area contributed by atoms with Crippen LogP contribution in [0, 0.1) is 0 Å². The normalized spacial score (nSPS) is 10.2. The van der Waals surface area contributed by atoms with Gasteiger partial charge in [0, 0.05) is 0 Å². The van der Waals surface area contributed by atoms with Crippen LogP contribution in [0.4, 0.5) is 0 Å². The molecule has 0 heterocycles. The summed E-state index contributed by atoms with van der Waals surface area (Å²) in [5.41, 5.74) is 0. The fourth-order valence-corrected chi connectivity index (χ4v) is 4.02. The Morgan fingerprint density at radius 2 is 1.94 bits per heavy atom. The van der Waals surface area contributed by atoms with Gasteiger partial charge in [0.2, 0.25) is 0 Å². The molecule has 0 aliphatic carbocycles. The SMILES string of the molecule is COc1ccc([Te]CCCCCC(=O)O)cc1. The van der Waals surface area contributed by atoms with Crippen LogP contribution >= 0.6 is 0 Å². The van der Waals surface area contributed by atoms with Gasteiger partial charge in [-0.3, -0.25) is 0 Å². The van der Waals surface area contributed by atoms with E-state index in [2.05, 4.69) is 12.1 Å². The van der Waals surface area contributed by atoms with E-state index in [1.165, 1.54) is 8.08 Å². The van der Waals surface area contributed by atoms with Gasteiger partial charge in [0.1, 0.15) is 0 Å². The number of rotatable bonds is 8. The van der Waals surface area contributed by atoms with Crippen molar-refractivity contribution in [2.24, 2.45) is 0 Å². The molecule has 1 N–H and O–H groups in total. The Bertz CT molecular complexity index is 335. The van der Waals surface area contributed by atoms with E-state index in [0.717, 1.165) is 25.0 Å². The molecular weight excluding hydrogens is 332 g/mol. The van der Waals surface area contributed by atoms with E-state index in [-0.39, 0.29) is 20.9 Å². The van der Waals surface area contributed by atoms with Crippen LogP contribution in [0.25, 0.3) is 0 Å². The zero-order valence-corrected chi connectivity index (χ0v) is 12.3. The average molecular weight is 350 g/mol. The predicted molar refractivity (Wildman–Crippen MR) is 69.3 cm³/mol. The quantitative estimate of drug-likeness (QED) is 0.577. The van der Waals surface area contributed by atoms with Crippen LogP contribution in [0.2, 0.25) is 4.47 Å². The molecule has 0 saturated heterocycles. The number of aliphatic carboxylic acids is 1. The Labute approximate surface area is 112 Å². The van der Waals surface area contributed by atoms with E-state index in [0.29, 0.717) is 6.42 Å². The monoisotopic (exact) mass is 352 g/mol. The summed E-state index contributed by atoms with van der Waals surface area (Å²) in [5.74, 6) is 0.222. The van der Waals surface area contributed by atoms with Gasteiger partial charge in [-0.1, -0.05) is 0 Å². The van der Waals surface area contributed by atoms with Gasteiger partial charge in [0.15, 0.2) is 0 Å². The van der Waals surface area contributed by atoms with Crippen molar-refractivity contribution < 1.29 is 14.6 Å². The van der Waals surface area contributed by atoms with E-state index >= 15 is 0 Å². The second kappa shape index (κ2) is 8.38. The van der Waals surface area contributed by atoms with Crippen LogP contribution in [-0.2, 0) is 4.79 Å². The molecule has 1 aromatic rings. The molecule has 3 nitrogen and oxygen atoms in total. The number of methoxy groups -OCH3 is 1. The Hall–Kier alpha value is -0.720. The number of carboxylic acids is 1. The van der Waals surface area contributed by atoms with Crippen LogP contribution in [0.5, 0.6) is 5.75 Å². The summed E-state index contributed by atoms with van der Waals surface area (Å²) in [6.45, 7) is 0. The van der Waals surface area contributed by atoms with Crippen LogP contribution in [0.1, 0.15) is 25.7 Å². The maximum atomic E-state index is 10.3. The molecule has 0 atom stereocenters. The summed E-state index contributed by atoms with van der Waals surface area (Å²) < 4.78 is 7.79. The van der Waals surface area contributed by atoms with Gasteiger partial charge < -0.3 is 0 Å². The molecule has 0 fully saturated rings. The third-order valence-corrected chi connectivity index (χ3v) is 5.50. The van der Waals surface area contributed by atoms with Gasteiger partial charge in [-0.15, -0.1) is 0 Å². The molecule has 1 rings (SSSR count). The van der Waals surface area contributed by atoms with Crippen molar-refractivity contribution in [3.8, 4) is 5.75 Å². The topological polar surface area (TPSA) is 46.5 Å². The van der Waals surface area contributed by atoms with Crippen molar-refractivity contribution in [2.45, 2.75) is 30.2 Å². The first-order valence-corrected chi connectivity index (χ1v) is 8.52. The molecule has 17 heavy (non-hydrogen) atoms. The molecule has 0 aromatic heterocycles.